The molecule has 1 aliphatic heterocycles. The van der Waals surface area contributed by atoms with Crippen LogP contribution in [0.4, 0.5) is 0 Å². The second-order valence-electron chi connectivity index (χ2n) is 7.05. The summed E-state index contributed by atoms with van der Waals surface area (Å²) < 4.78 is 1.91. The summed E-state index contributed by atoms with van der Waals surface area (Å²) in [6, 6.07) is 3.53. The van der Waals surface area contributed by atoms with Gasteiger partial charge in [0, 0.05) is 45.0 Å². The first-order valence-electron chi connectivity index (χ1n) is 8.07. The maximum absolute atomic E-state index is 4.56. The largest absolute Gasteiger partial charge is 0.311 e. The van der Waals surface area contributed by atoms with Crippen molar-refractivity contribution in [3.05, 3.63) is 18.0 Å². The third-order valence-corrected chi connectivity index (χ3v) is 4.60. The molecule has 0 spiro atoms. The van der Waals surface area contributed by atoms with Gasteiger partial charge in [-0.15, -0.1) is 0 Å². The van der Waals surface area contributed by atoms with Gasteiger partial charge in [-0.1, -0.05) is 13.8 Å². The molecular formula is C16H28N4. The minimum atomic E-state index is 0.647. The Balaban J connectivity index is 1.65. The molecule has 20 heavy (non-hydrogen) atoms. The number of hydrogen-bond donors (Lipinski definition) is 1. The van der Waals surface area contributed by atoms with Gasteiger partial charge in [0.2, 0.25) is 0 Å². The third-order valence-electron chi connectivity index (χ3n) is 4.60. The lowest BCUT2D eigenvalue weighted by Crippen LogP contribution is -2.57. The van der Waals surface area contributed by atoms with E-state index in [0.717, 1.165) is 31.0 Å². The van der Waals surface area contributed by atoms with Crippen molar-refractivity contribution in [2.75, 3.05) is 13.1 Å². The fraction of sp³-hybridized carbons (Fsp3) is 0.812. The number of hydrogen-bond acceptors (Lipinski definition) is 3. The van der Waals surface area contributed by atoms with Gasteiger partial charge < -0.3 is 5.32 Å². The smallest absolute Gasteiger partial charge is 0.0764 e. The van der Waals surface area contributed by atoms with Crippen LogP contribution in [0, 0.1) is 11.8 Å². The van der Waals surface area contributed by atoms with E-state index in [4.69, 9.17) is 0 Å². The molecule has 2 heterocycles. The highest BCUT2D eigenvalue weighted by molar-refractivity contribution is 5.02. The predicted octanol–water partition coefficient (Wildman–Crippen LogP) is 2.02. The molecular weight excluding hydrogens is 248 g/mol. The number of aromatic nitrogens is 2. The normalized spacial score (nSPS) is 28.2. The van der Waals surface area contributed by atoms with Crippen LogP contribution < -0.4 is 5.32 Å². The van der Waals surface area contributed by atoms with Crippen LogP contribution in [0.5, 0.6) is 0 Å². The lowest BCUT2D eigenvalue weighted by atomic mass is 9.98. The molecule has 1 N–H and O–H groups in total. The third kappa shape index (κ3) is 3.41. The summed E-state index contributed by atoms with van der Waals surface area (Å²) >= 11 is 0. The lowest BCUT2D eigenvalue weighted by molar-refractivity contribution is 0.0987. The van der Waals surface area contributed by atoms with E-state index in [9.17, 15) is 0 Å². The molecule has 3 rings (SSSR count). The molecule has 1 aliphatic carbocycles. The van der Waals surface area contributed by atoms with E-state index < -0.39 is 0 Å². The highest BCUT2D eigenvalue weighted by atomic mass is 15.3. The second kappa shape index (κ2) is 5.86. The Morgan fingerprint density at radius 1 is 1.40 bits per heavy atom. The highest BCUT2D eigenvalue weighted by Crippen LogP contribution is 2.37. The van der Waals surface area contributed by atoms with E-state index in [1.54, 1.807) is 0 Å². The average Bonchev–Trinajstić information content (AvgIpc) is 3.13. The monoisotopic (exact) mass is 276 g/mol. The Labute approximate surface area is 122 Å². The molecule has 2 unspecified atom stereocenters. The average molecular weight is 276 g/mol. The van der Waals surface area contributed by atoms with Gasteiger partial charge in [-0.3, -0.25) is 9.58 Å². The van der Waals surface area contributed by atoms with E-state index >= 15 is 0 Å². The number of piperazine rings is 1. The first-order chi connectivity index (χ1) is 9.61. The number of aryl methyl sites for hydroxylation is 1. The molecule has 1 saturated heterocycles. The van der Waals surface area contributed by atoms with Crippen molar-refractivity contribution in [1.29, 1.82) is 0 Å². The topological polar surface area (TPSA) is 33.1 Å². The van der Waals surface area contributed by atoms with Crippen LogP contribution in [0.1, 0.15) is 38.8 Å². The lowest BCUT2D eigenvalue weighted by Gasteiger charge is -2.41. The van der Waals surface area contributed by atoms with Crippen LogP contribution in [-0.4, -0.2) is 39.9 Å². The van der Waals surface area contributed by atoms with Crippen LogP contribution in [0.3, 0.4) is 0 Å². The molecule has 0 amide bonds. The van der Waals surface area contributed by atoms with Crippen LogP contribution >= 0.6 is 0 Å². The fourth-order valence-corrected chi connectivity index (χ4v) is 3.51. The quantitative estimate of drug-likeness (QED) is 0.893. The Bertz CT molecular complexity index is 435. The van der Waals surface area contributed by atoms with Crippen LogP contribution in [0.25, 0.3) is 0 Å². The maximum Gasteiger partial charge on any atom is 0.0764 e. The van der Waals surface area contributed by atoms with E-state index in [0.29, 0.717) is 6.04 Å². The summed E-state index contributed by atoms with van der Waals surface area (Å²) in [4.78, 5) is 2.68. The molecule has 1 saturated carbocycles. The Hall–Kier alpha value is -0.870. The minimum absolute atomic E-state index is 0.647. The van der Waals surface area contributed by atoms with Gasteiger partial charge in [-0.2, -0.15) is 5.10 Å². The van der Waals surface area contributed by atoms with Crippen LogP contribution in [0.15, 0.2) is 12.3 Å². The van der Waals surface area contributed by atoms with Gasteiger partial charge in [-0.25, -0.2) is 0 Å². The molecule has 1 aromatic heterocycles. The van der Waals surface area contributed by atoms with Gasteiger partial charge in [0.15, 0.2) is 0 Å². The summed E-state index contributed by atoms with van der Waals surface area (Å²) in [5.74, 6) is 1.69. The zero-order valence-corrected chi connectivity index (χ0v) is 13.0. The molecule has 0 radical (unpaired) electrons. The van der Waals surface area contributed by atoms with Crippen LogP contribution in [0.2, 0.25) is 0 Å². The molecule has 2 aliphatic rings. The summed E-state index contributed by atoms with van der Waals surface area (Å²) in [6.07, 6.45) is 6.16. The first-order valence-corrected chi connectivity index (χ1v) is 8.07. The highest BCUT2D eigenvalue weighted by Gasteiger charge is 2.38. The molecule has 112 valence electrons. The van der Waals surface area contributed by atoms with E-state index in [1.165, 1.54) is 31.5 Å². The van der Waals surface area contributed by atoms with Crippen molar-refractivity contribution in [1.82, 2.24) is 20.0 Å². The van der Waals surface area contributed by atoms with Gasteiger partial charge in [-0.05, 0) is 37.2 Å². The van der Waals surface area contributed by atoms with Crippen molar-refractivity contribution >= 4 is 0 Å². The van der Waals surface area contributed by atoms with Gasteiger partial charge in [0.1, 0.15) is 0 Å². The number of rotatable bonds is 5. The van der Waals surface area contributed by atoms with Crippen molar-refractivity contribution in [3.8, 4) is 0 Å². The number of nitrogens with one attached hydrogen (secondary N) is 1. The summed E-state index contributed by atoms with van der Waals surface area (Å²) in [5.41, 5.74) is 1.21. The predicted molar refractivity (Wildman–Crippen MR) is 81.4 cm³/mol. The van der Waals surface area contributed by atoms with Gasteiger partial charge in [0.25, 0.3) is 0 Å². The molecule has 2 fully saturated rings. The first kappa shape index (κ1) is 14.1. The Morgan fingerprint density at radius 2 is 2.20 bits per heavy atom. The zero-order valence-electron chi connectivity index (χ0n) is 13.0. The van der Waals surface area contributed by atoms with Crippen molar-refractivity contribution in [2.45, 2.75) is 51.7 Å². The van der Waals surface area contributed by atoms with Crippen molar-refractivity contribution < 1.29 is 0 Å². The maximum atomic E-state index is 4.56. The summed E-state index contributed by atoms with van der Waals surface area (Å²) in [6.45, 7) is 7.98. The Kier molecular flexibility index (Phi) is 4.13. The van der Waals surface area contributed by atoms with Gasteiger partial charge in [0.05, 0.1) is 5.69 Å². The van der Waals surface area contributed by atoms with Crippen molar-refractivity contribution in [3.63, 3.8) is 0 Å². The van der Waals surface area contributed by atoms with Crippen LogP contribution in [-0.2, 0) is 13.6 Å². The zero-order chi connectivity index (χ0) is 14.1. The molecule has 0 bridgehead atoms. The second-order valence-corrected chi connectivity index (χ2v) is 7.05. The molecule has 1 aromatic rings. The standard InChI is InChI=1S/C16H28N4/c1-12(2)8-15-11-20(10-14-6-7-19(3)18-14)16(9-17-15)13-4-5-13/h6-7,12-13,15-17H,4-5,8-11H2,1-3H3. The minimum Gasteiger partial charge on any atom is -0.311 e. The van der Waals surface area contributed by atoms with E-state index in [-0.39, 0.29) is 0 Å². The summed E-state index contributed by atoms with van der Waals surface area (Å²) in [7, 11) is 2.00. The molecule has 4 nitrogen and oxygen atoms in total. The van der Waals surface area contributed by atoms with Crippen molar-refractivity contribution in [2.24, 2.45) is 18.9 Å². The van der Waals surface area contributed by atoms with E-state index in [2.05, 4.69) is 41.4 Å². The molecule has 4 heteroatoms. The number of nitrogens with zero attached hydrogens (tertiary/aromatic N) is 3. The van der Waals surface area contributed by atoms with E-state index in [1.807, 2.05) is 11.7 Å². The molecule has 0 aromatic carbocycles. The SMILES string of the molecule is CC(C)CC1CN(Cc2ccn(C)n2)C(C2CC2)CN1. The van der Waals surface area contributed by atoms with Gasteiger partial charge >= 0.3 is 0 Å². The fourth-order valence-electron chi connectivity index (χ4n) is 3.51. The Morgan fingerprint density at radius 3 is 2.80 bits per heavy atom. The summed E-state index contributed by atoms with van der Waals surface area (Å²) in [5, 5.41) is 8.34. The molecule has 2 atom stereocenters.